The summed E-state index contributed by atoms with van der Waals surface area (Å²) in [6.07, 6.45) is 0. The van der Waals surface area contributed by atoms with Crippen LogP contribution in [-0.2, 0) is 0 Å². The molecule has 0 atom stereocenters. The molecule has 0 aliphatic rings. The van der Waals surface area contributed by atoms with Crippen LogP contribution in [0.5, 0.6) is 0 Å². The first-order chi connectivity index (χ1) is 6.66. The highest BCUT2D eigenvalue weighted by molar-refractivity contribution is 6.02. The number of nitroso groups, excluding NO2 is 1. The van der Waals surface area contributed by atoms with Gasteiger partial charge in [-0.1, -0.05) is 38.1 Å². The molecule has 14 heavy (non-hydrogen) atoms. The first kappa shape index (κ1) is 10.6. The number of benzene rings is 1. The molecule has 0 aliphatic carbocycles. The average Bonchev–Trinajstić information content (AvgIpc) is 2.15. The molecule has 0 bridgehead atoms. The summed E-state index contributed by atoms with van der Waals surface area (Å²) in [5, 5.41) is 6.25. The maximum Gasteiger partial charge on any atom is 0.0800 e. The molecule has 0 aliphatic heterocycles. The zero-order valence-electron chi connectivity index (χ0n) is 8.69. The highest BCUT2D eigenvalue weighted by atomic mass is 16.3. The van der Waals surface area contributed by atoms with E-state index in [1.54, 1.807) is 0 Å². The van der Waals surface area contributed by atoms with Crippen molar-refractivity contribution in [3.63, 3.8) is 0 Å². The Labute approximate surface area is 83.8 Å². The summed E-state index contributed by atoms with van der Waals surface area (Å²) < 4.78 is 0. The Kier molecular flexibility index (Phi) is 3.51. The van der Waals surface area contributed by atoms with E-state index in [0.717, 1.165) is 16.8 Å². The number of hydrogen-bond donors (Lipinski definition) is 0. The van der Waals surface area contributed by atoms with Gasteiger partial charge in [-0.2, -0.15) is 0 Å². The second-order valence-electron chi connectivity index (χ2n) is 3.54. The molecule has 74 valence electrons. The lowest BCUT2D eigenvalue weighted by molar-refractivity contribution is 0.874. The molecule has 0 unspecified atom stereocenters. The van der Waals surface area contributed by atoms with Gasteiger partial charge < -0.3 is 0 Å². The van der Waals surface area contributed by atoms with Gasteiger partial charge in [0.2, 0.25) is 0 Å². The van der Waals surface area contributed by atoms with Gasteiger partial charge in [-0.15, -0.1) is 10.0 Å². The first-order valence-corrected chi connectivity index (χ1v) is 4.63. The molecule has 0 spiro atoms. The second-order valence-corrected chi connectivity index (χ2v) is 3.54. The molecular formula is C11H14N2O. The van der Waals surface area contributed by atoms with Gasteiger partial charge in [0.25, 0.3) is 0 Å². The molecule has 0 radical (unpaired) electrons. The van der Waals surface area contributed by atoms with Crippen molar-refractivity contribution in [3.05, 3.63) is 40.3 Å². The number of rotatable bonds is 3. The van der Waals surface area contributed by atoms with Crippen molar-refractivity contribution >= 4 is 5.71 Å². The van der Waals surface area contributed by atoms with Crippen LogP contribution in [0.2, 0.25) is 0 Å². The summed E-state index contributed by atoms with van der Waals surface area (Å²) in [7, 11) is 0. The van der Waals surface area contributed by atoms with Gasteiger partial charge in [0.05, 0.1) is 11.0 Å². The van der Waals surface area contributed by atoms with E-state index in [4.69, 9.17) is 0 Å². The van der Waals surface area contributed by atoms with Crippen LogP contribution < -0.4 is 0 Å². The minimum atomic E-state index is 0.203. The predicted molar refractivity (Wildman–Crippen MR) is 58.3 cm³/mol. The number of aryl methyl sites for hydroxylation is 1. The van der Waals surface area contributed by atoms with Crippen LogP contribution in [0.25, 0.3) is 0 Å². The third-order valence-corrected chi connectivity index (χ3v) is 2.12. The molecule has 0 N–H and O–H groups in total. The molecule has 3 heteroatoms. The van der Waals surface area contributed by atoms with E-state index >= 15 is 0 Å². The Morgan fingerprint density at radius 1 is 1.29 bits per heavy atom. The number of nitrogens with zero attached hydrogens (tertiary/aromatic N) is 2. The van der Waals surface area contributed by atoms with Crippen molar-refractivity contribution in [1.82, 2.24) is 0 Å². The topological polar surface area (TPSA) is 41.8 Å². The summed E-state index contributed by atoms with van der Waals surface area (Å²) in [4.78, 5) is 10.2. The molecule has 0 amide bonds. The van der Waals surface area contributed by atoms with Crippen LogP contribution in [0, 0.1) is 17.7 Å². The second kappa shape index (κ2) is 4.65. The Morgan fingerprint density at radius 3 is 2.43 bits per heavy atom. The number of hydrogen-bond acceptors (Lipinski definition) is 2. The highest BCUT2D eigenvalue weighted by Crippen LogP contribution is 2.14. The molecule has 3 nitrogen and oxygen atoms in total. The highest BCUT2D eigenvalue weighted by Gasteiger charge is 2.10. The van der Waals surface area contributed by atoms with Crippen LogP contribution in [0.3, 0.4) is 0 Å². The summed E-state index contributed by atoms with van der Waals surface area (Å²) in [6, 6.07) is 7.85. The Bertz CT molecular complexity index is 356. The Morgan fingerprint density at radius 2 is 1.93 bits per heavy atom. The maximum atomic E-state index is 10.2. The lowest BCUT2D eigenvalue weighted by Crippen LogP contribution is -2.10. The molecule has 0 heterocycles. The van der Waals surface area contributed by atoms with E-state index in [2.05, 4.69) is 10.4 Å². The maximum absolute atomic E-state index is 10.2. The van der Waals surface area contributed by atoms with Gasteiger partial charge in [-0.3, -0.25) is 0 Å². The van der Waals surface area contributed by atoms with E-state index in [1.165, 1.54) is 0 Å². The fraction of sp³-hybridized carbons (Fsp3) is 0.364. The summed E-state index contributed by atoms with van der Waals surface area (Å²) >= 11 is 0. The van der Waals surface area contributed by atoms with Crippen molar-refractivity contribution in [1.29, 1.82) is 0 Å². The molecule has 0 saturated carbocycles. The molecule has 1 rings (SSSR count). The van der Waals surface area contributed by atoms with Gasteiger partial charge >= 0.3 is 0 Å². The van der Waals surface area contributed by atoms with Gasteiger partial charge in [0.1, 0.15) is 0 Å². The monoisotopic (exact) mass is 190 g/mol. The van der Waals surface area contributed by atoms with Crippen LogP contribution in [-0.4, -0.2) is 5.71 Å². The fourth-order valence-electron chi connectivity index (χ4n) is 1.38. The van der Waals surface area contributed by atoms with Crippen molar-refractivity contribution in [2.75, 3.05) is 0 Å². The van der Waals surface area contributed by atoms with E-state index in [0.29, 0.717) is 0 Å². The lowest BCUT2D eigenvalue weighted by atomic mass is 9.96. The zero-order chi connectivity index (χ0) is 10.6. The van der Waals surface area contributed by atoms with Gasteiger partial charge in [0.15, 0.2) is 0 Å². The van der Waals surface area contributed by atoms with E-state index < -0.39 is 0 Å². The van der Waals surface area contributed by atoms with Crippen molar-refractivity contribution < 1.29 is 0 Å². The fourth-order valence-corrected chi connectivity index (χ4v) is 1.38. The van der Waals surface area contributed by atoms with Crippen molar-refractivity contribution in [2.45, 2.75) is 20.8 Å². The molecule has 0 saturated heterocycles. The van der Waals surface area contributed by atoms with Gasteiger partial charge in [-0.25, -0.2) is 0 Å². The molecule has 0 aromatic heterocycles. The standard InChI is InChI=1S/C11H14N2O/c1-8(2)11(12-13-14)10-7-5-4-6-9(10)3/h4-8H,1-3H3. The minimum Gasteiger partial charge on any atom is -0.123 e. The normalized spacial score (nSPS) is 11.9. The summed E-state index contributed by atoms with van der Waals surface area (Å²) in [5.41, 5.74) is 2.86. The zero-order valence-corrected chi connectivity index (χ0v) is 8.69. The molecule has 0 fully saturated rings. The summed E-state index contributed by atoms with van der Waals surface area (Å²) in [6.45, 7) is 5.99. The van der Waals surface area contributed by atoms with Crippen LogP contribution in [0.4, 0.5) is 0 Å². The molecule has 1 aromatic carbocycles. The predicted octanol–water partition coefficient (Wildman–Crippen LogP) is 3.12. The van der Waals surface area contributed by atoms with E-state index in [1.807, 2.05) is 45.0 Å². The van der Waals surface area contributed by atoms with E-state index in [-0.39, 0.29) is 5.92 Å². The van der Waals surface area contributed by atoms with Crippen molar-refractivity contribution in [2.24, 2.45) is 16.3 Å². The Balaban J connectivity index is 3.19. The minimum absolute atomic E-state index is 0.203. The Hall–Kier alpha value is -1.51. The van der Waals surface area contributed by atoms with Gasteiger partial charge in [0, 0.05) is 5.56 Å². The SMILES string of the molecule is Cc1ccccc1C(=NN=O)C(C)C. The van der Waals surface area contributed by atoms with Gasteiger partial charge in [-0.05, 0) is 18.4 Å². The largest absolute Gasteiger partial charge is 0.123 e. The molecular weight excluding hydrogens is 176 g/mol. The average molecular weight is 190 g/mol. The smallest absolute Gasteiger partial charge is 0.0800 e. The molecule has 1 aromatic rings. The quantitative estimate of drug-likeness (QED) is 0.410. The van der Waals surface area contributed by atoms with Crippen LogP contribution >= 0.6 is 0 Å². The first-order valence-electron chi connectivity index (χ1n) is 4.63. The third-order valence-electron chi connectivity index (χ3n) is 2.12. The summed E-state index contributed by atoms with van der Waals surface area (Å²) in [5.74, 6) is 0.203. The van der Waals surface area contributed by atoms with E-state index in [9.17, 15) is 4.91 Å². The lowest BCUT2D eigenvalue weighted by Gasteiger charge is -2.10. The van der Waals surface area contributed by atoms with Crippen molar-refractivity contribution in [3.8, 4) is 0 Å². The van der Waals surface area contributed by atoms with Crippen LogP contribution in [0.15, 0.2) is 34.7 Å². The van der Waals surface area contributed by atoms with Crippen LogP contribution in [0.1, 0.15) is 25.0 Å². The third kappa shape index (κ3) is 2.25.